The van der Waals surface area contributed by atoms with Crippen molar-refractivity contribution < 1.29 is 4.79 Å². The van der Waals surface area contributed by atoms with Crippen LogP contribution in [0, 0.1) is 10.8 Å². The number of benzene rings is 1. The largest absolute Gasteiger partial charge is 0.388 e. The third kappa shape index (κ3) is 8.04. The molecule has 0 heterocycles. The van der Waals surface area contributed by atoms with Crippen molar-refractivity contribution in [3.8, 4) is 0 Å². The predicted molar refractivity (Wildman–Crippen MR) is 119 cm³/mol. The van der Waals surface area contributed by atoms with Crippen LogP contribution >= 0.6 is 0 Å². The van der Waals surface area contributed by atoms with Gasteiger partial charge in [-0.15, -0.1) is 0 Å². The van der Waals surface area contributed by atoms with Gasteiger partial charge in [0.15, 0.2) is 0 Å². The number of carbonyl (C=O) groups excluding carboxylic acids is 1. The molecule has 4 N–H and O–H groups in total. The molecule has 4 nitrogen and oxygen atoms in total. The molecular weight excluding hydrogens is 346 g/mol. The Bertz CT molecular complexity index is 605. The molecule has 0 atom stereocenters. The first-order valence-corrected chi connectivity index (χ1v) is 11.3. The van der Waals surface area contributed by atoms with Gasteiger partial charge in [-0.25, -0.2) is 0 Å². The molecule has 0 spiro atoms. The number of anilines is 1. The molecule has 1 aromatic carbocycles. The van der Waals surface area contributed by atoms with Gasteiger partial charge < -0.3 is 11.1 Å². The number of hydrogen-bond acceptors (Lipinski definition) is 2. The van der Waals surface area contributed by atoms with Crippen molar-refractivity contribution in [1.82, 2.24) is 0 Å². The third-order valence-corrected chi connectivity index (χ3v) is 5.89. The van der Waals surface area contributed by atoms with Crippen molar-refractivity contribution in [2.24, 2.45) is 11.1 Å². The normalized spacial score (nSPS) is 14.6. The highest BCUT2D eigenvalue weighted by molar-refractivity contribution is 6.00. The maximum Gasteiger partial charge on any atom is 0.231 e. The van der Waals surface area contributed by atoms with Crippen LogP contribution < -0.4 is 11.1 Å². The molecule has 4 heteroatoms. The SMILES string of the molecule is CCCCCCCCCCCCc1ccc(NC(=O)C2(CC(=N)N)CC2)cc1. The lowest BCUT2D eigenvalue weighted by atomic mass is 10.0. The van der Waals surface area contributed by atoms with Crippen LogP contribution in [0.1, 0.15) is 96.0 Å². The Kier molecular flexibility index (Phi) is 9.52. The van der Waals surface area contributed by atoms with Crippen molar-refractivity contribution >= 4 is 17.4 Å². The van der Waals surface area contributed by atoms with Crippen molar-refractivity contribution in [2.75, 3.05) is 5.32 Å². The number of amides is 1. The van der Waals surface area contributed by atoms with Gasteiger partial charge in [0.05, 0.1) is 11.3 Å². The molecule has 1 fully saturated rings. The molecule has 28 heavy (non-hydrogen) atoms. The minimum absolute atomic E-state index is 0.00476. The molecule has 0 aliphatic heterocycles. The summed E-state index contributed by atoms with van der Waals surface area (Å²) in [6.07, 6.45) is 16.7. The van der Waals surface area contributed by atoms with Gasteiger partial charge >= 0.3 is 0 Å². The maximum atomic E-state index is 12.4. The molecule has 2 rings (SSSR count). The average molecular weight is 386 g/mol. The van der Waals surface area contributed by atoms with Gasteiger partial charge in [-0.1, -0.05) is 76.8 Å². The van der Waals surface area contributed by atoms with E-state index in [4.69, 9.17) is 11.1 Å². The lowest BCUT2D eigenvalue weighted by Crippen LogP contribution is -2.28. The molecule has 0 unspecified atom stereocenters. The second kappa shape index (κ2) is 11.9. The molecule has 156 valence electrons. The van der Waals surface area contributed by atoms with Gasteiger partial charge in [-0.2, -0.15) is 0 Å². The standard InChI is InChI=1S/C24H39N3O/c1-2-3-4-5-6-7-8-9-10-11-12-20-13-15-21(16-14-20)27-23(28)24(17-18-24)19-22(25)26/h13-16H,2-12,17-19H2,1H3,(H3,25,26)(H,27,28). The molecule has 1 aromatic rings. The summed E-state index contributed by atoms with van der Waals surface area (Å²) in [5, 5.41) is 10.4. The number of carbonyl (C=O) groups is 1. The van der Waals surface area contributed by atoms with Gasteiger partial charge in [0.2, 0.25) is 5.91 Å². The number of rotatable bonds is 15. The first-order valence-electron chi connectivity index (χ1n) is 11.3. The number of nitrogens with one attached hydrogen (secondary N) is 2. The number of amidine groups is 1. The molecule has 1 amide bonds. The second-order valence-electron chi connectivity index (χ2n) is 8.57. The highest BCUT2D eigenvalue weighted by atomic mass is 16.2. The van der Waals surface area contributed by atoms with E-state index in [1.54, 1.807) is 0 Å². The van der Waals surface area contributed by atoms with Crippen LogP contribution in [-0.4, -0.2) is 11.7 Å². The molecule has 0 radical (unpaired) electrons. The Hall–Kier alpha value is -1.84. The van der Waals surface area contributed by atoms with Crippen LogP contribution in [0.2, 0.25) is 0 Å². The van der Waals surface area contributed by atoms with Crippen LogP contribution in [0.15, 0.2) is 24.3 Å². The second-order valence-corrected chi connectivity index (χ2v) is 8.57. The van der Waals surface area contributed by atoms with Crippen LogP contribution in [0.3, 0.4) is 0 Å². The van der Waals surface area contributed by atoms with Crippen molar-refractivity contribution in [2.45, 2.75) is 96.8 Å². The van der Waals surface area contributed by atoms with Crippen LogP contribution in [0.25, 0.3) is 0 Å². The maximum absolute atomic E-state index is 12.4. The van der Waals surface area contributed by atoms with E-state index in [0.717, 1.165) is 24.9 Å². The zero-order chi connectivity index (χ0) is 20.2. The molecule has 1 saturated carbocycles. The molecule has 0 bridgehead atoms. The van der Waals surface area contributed by atoms with Crippen LogP contribution in [0.5, 0.6) is 0 Å². The van der Waals surface area contributed by atoms with E-state index in [-0.39, 0.29) is 11.7 Å². The summed E-state index contributed by atoms with van der Waals surface area (Å²) in [7, 11) is 0. The Morgan fingerprint density at radius 3 is 2.00 bits per heavy atom. The van der Waals surface area contributed by atoms with Crippen LogP contribution in [0.4, 0.5) is 5.69 Å². The first-order chi connectivity index (χ1) is 13.6. The molecule has 1 aliphatic carbocycles. The third-order valence-electron chi connectivity index (χ3n) is 5.89. The fraction of sp³-hybridized carbons (Fsp3) is 0.667. The van der Waals surface area contributed by atoms with E-state index in [1.807, 2.05) is 12.1 Å². The number of hydrogen-bond donors (Lipinski definition) is 3. The predicted octanol–water partition coefficient (Wildman–Crippen LogP) is 6.19. The lowest BCUT2D eigenvalue weighted by Gasteiger charge is -2.14. The minimum Gasteiger partial charge on any atom is -0.388 e. The average Bonchev–Trinajstić information content (AvgIpc) is 3.44. The van der Waals surface area contributed by atoms with E-state index < -0.39 is 5.41 Å². The lowest BCUT2D eigenvalue weighted by molar-refractivity contribution is -0.120. The fourth-order valence-electron chi connectivity index (χ4n) is 3.83. The van der Waals surface area contributed by atoms with E-state index in [9.17, 15) is 4.79 Å². The van der Waals surface area contributed by atoms with E-state index in [0.29, 0.717) is 6.42 Å². The first kappa shape index (κ1) is 22.4. The summed E-state index contributed by atoms with van der Waals surface area (Å²) in [5.74, 6) is 0.102. The summed E-state index contributed by atoms with van der Waals surface area (Å²) >= 11 is 0. The Morgan fingerprint density at radius 1 is 0.964 bits per heavy atom. The molecule has 0 saturated heterocycles. The summed E-state index contributed by atoms with van der Waals surface area (Å²) in [6.45, 7) is 2.27. The molecule has 0 aromatic heterocycles. The topological polar surface area (TPSA) is 79.0 Å². The van der Waals surface area contributed by atoms with Crippen molar-refractivity contribution in [3.05, 3.63) is 29.8 Å². The Balaban J connectivity index is 1.57. The number of aryl methyl sites for hydroxylation is 1. The molecular formula is C24H39N3O. The summed E-state index contributed by atoms with van der Waals surface area (Å²) in [4.78, 5) is 12.4. The number of unbranched alkanes of at least 4 members (excludes halogenated alkanes) is 9. The Morgan fingerprint density at radius 2 is 1.50 bits per heavy atom. The number of nitrogens with two attached hydrogens (primary N) is 1. The summed E-state index contributed by atoms with van der Waals surface area (Å²) in [6, 6.07) is 8.22. The van der Waals surface area contributed by atoms with E-state index >= 15 is 0 Å². The van der Waals surface area contributed by atoms with Crippen molar-refractivity contribution in [1.29, 1.82) is 5.41 Å². The van der Waals surface area contributed by atoms with E-state index in [2.05, 4.69) is 24.4 Å². The quantitative estimate of drug-likeness (QED) is 0.191. The monoisotopic (exact) mass is 385 g/mol. The molecule has 1 aliphatic rings. The van der Waals surface area contributed by atoms with Gasteiger partial charge in [0, 0.05) is 12.1 Å². The smallest absolute Gasteiger partial charge is 0.231 e. The van der Waals surface area contributed by atoms with Gasteiger partial charge in [-0.05, 0) is 43.4 Å². The van der Waals surface area contributed by atoms with Crippen molar-refractivity contribution in [3.63, 3.8) is 0 Å². The van der Waals surface area contributed by atoms with Gasteiger partial charge in [0.25, 0.3) is 0 Å². The summed E-state index contributed by atoms with van der Waals surface area (Å²) in [5.41, 5.74) is 7.23. The van der Waals surface area contributed by atoms with E-state index in [1.165, 1.54) is 69.8 Å². The van der Waals surface area contributed by atoms with Gasteiger partial charge in [0.1, 0.15) is 0 Å². The highest BCUT2D eigenvalue weighted by Crippen LogP contribution is 2.49. The highest BCUT2D eigenvalue weighted by Gasteiger charge is 2.50. The zero-order valence-corrected chi connectivity index (χ0v) is 17.7. The summed E-state index contributed by atoms with van der Waals surface area (Å²) < 4.78 is 0. The Labute approximate surface area is 171 Å². The fourth-order valence-corrected chi connectivity index (χ4v) is 3.83. The zero-order valence-electron chi connectivity index (χ0n) is 17.7. The van der Waals surface area contributed by atoms with Gasteiger partial charge in [-0.3, -0.25) is 10.2 Å². The van der Waals surface area contributed by atoms with Crippen LogP contribution in [-0.2, 0) is 11.2 Å². The minimum atomic E-state index is -0.430.